The Bertz CT molecular complexity index is 462. The number of thioether (sulfide) groups is 1. The van der Waals surface area contributed by atoms with Gasteiger partial charge in [-0.3, -0.25) is 4.79 Å². The fraction of sp³-hybridized carbons (Fsp3) is 0.250. The van der Waals surface area contributed by atoms with Crippen molar-refractivity contribution in [2.24, 2.45) is 0 Å². The van der Waals surface area contributed by atoms with E-state index in [1.54, 1.807) is 19.1 Å². The smallest absolute Gasteiger partial charge is 0.338 e. The lowest BCUT2D eigenvalue weighted by molar-refractivity contribution is -0.120. The van der Waals surface area contributed by atoms with Crippen LogP contribution < -0.4 is 5.32 Å². The maximum atomic E-state index is 11.6. The summed E-state index contributed by atoms with van der Waals surface area (Å²) in [6.45, 7) is 5.59. The molecule has 1 rings (SSSR count). The Labute approximate surface area is 109 Å². The van der Waals surface area contributed by atoms with Crippen molar-refractivity contribution in [3.05, 3.63) is 36.5 Å². The van der Waals surface area contributed by atoms with Gasteiger partial charge in [-0.15, -0.1) is 6.58 Å². The Morgan fingerprint density at radius 2 is 2.39 bits per heavy atom. The average Bonchev–Trinajstić information content (AvgIpc) is 2.36. The van der Waals surface area contributed by atoms with E-state index in [9.17, 15) is 9.59 Å². The van der Waals surface area contributed by atoms with Crippen LogP contribution in [-0.2, 0) is 4.79 Å². The van der Waals surface area contributed by atoms with E-state index in [4.69, 9.17) is 5.11 Å². The summed E-state index contributed by atoms with van der Waals surface area (Å²) in [4.78, 5) is 26.6. The van der Waals surface area contributed by atoms with Gasteiger partial charge in [-0.2, -0.15) is 0 Å². The van der Waals surface area contributed by atoms with Crippen molar-refractivity contribution in [1.82, 2.24) is 10.3 Å². The van der Waals surface area contributed by atoms with Crippen LogP contribution in [0.4, 0.5) is 0 Å². The number of carboxylic acid groups (broad SMARTS) is 1. The number of nitrogens with zero attached hydrogens (tertiary/aromatic N) is 1. The molecule has 2 N–H and O–H groups in total. The Kier molecular flexibility index (Phi) is 5.38. The highest BCUT2D eigenvalue weighted by Crippen LogP contribution is 2.24. The zero-order valence-electron chi connectivity index (χ0n) is 9.92. The average molecular weight is 266 g/mol. The Morgan fingerprint density at radius 3 is 3.00 bits per heavy atom. The summed E-state index contributed by atoms with van der Waals surface area (Å²) < 4.78 is 0. The van der Waals surface area contributed by atoms with E-state index in [2.05, 4.69) is 16.9 Å². The number of carboxylic acids is 1. The van der Waals surface area contributed by atoms with Gasteiger partial charge >= 0.3 is 5.97 Å². The quantitative estimate of drug-likeness (QED) is 0.603. The fourth-order valence-electron chi connectivity index (χ4n) is 1.18. The maximum absolute atomic E-state index is 11.6. The third-order valence-corrected chi connectivity index (χ3v) is 3.20. The number of hydrogen-bond acceptors (Lipinski definition) is 4. The topological polar surface area (TPSA) is 79.3 Å². The second kappa shape index (κ2) is 6.80. The van der Waals surface area contributed by atoms with E-state index in [0.29, 0.717) is 11.6 Å². The van der Waals surface area contributed by atoms with Crippen LogP contribution in [0, 0.1) is 0 Å². The summed E-state index contributed by atoms with van der Waals surface area (Å²) in [5.41, 5.74) is 0.103. The minimum absolute atomic E-state index is 0.103. The van der Waals surface area contributed by atoms with E-state index in [0.717, 1.165) is 11.8 Å². The Balaban J connectivity index is 2.75. The molecule has 0 aliphatic carbocycles. The van der Waals surface area contributed by atoms with Gasteiger partial charge in [0.2, 0.25) is 5.91 Å². The van der Waals surface area contributed by atoms with Crippen molar-refractivity contribution in [3.63, 3.8) is 0 Å². The molecule has 0 spiro atoms. The van der Waals surface area contributed by atoms with E-state index in [1.807, 2.05) is 0 Å². The van der Waals surface area contributed by atoms with Gasteiger partial charge in [0.05, 0.1) is 10.8 Å². The molecule has 18 heavy (non-hydrogen) atoms. The zero-order valence-corrected chi connectivity index (χ0v) is 10.7. The second-order valence-electron chi connectivity index (χ2n) is 3.46. The summed E-state index contributed by atoms with van der Waals surface area (Å²) in [6, 6.07) is 3.02. The minimum atomic E-state index is -1.05. The molecule has 0 bridgehead atoms. The van der Waals surface area contributed by atoms with Crippen molar-refractivity contribution in [1.29, 1.82) is 0 Å². The molecule has 1 atom stereocenters. The van der Waals surface area contributed by atoms with Gasteiger partial charge in [0.15, 0.2) is 0 Å². The molecule has 0 aromatic carbocycles. The molecule has 0 saturated heterocycles. The molecule has 0 aliphatic rings. The van der Waals surface area contributed by atoms with Gasteiger partial charge in [0.25, 0.3) is 0 Å². The number of rotatable bonds is 6. The lowest BCUT2D eigenvalue weighted by Crippen LogP contribution is -2.31. The molecular formula is C12H14N2O3S. The third-order valence-electron chi connectivity index (χ3n) is 2.08. The van der Waals surface area contributed by atoms with Crippen LogP contribution in [0.1, 0.15) is 17.3 Å². The standard InChI is InChI=1S/C12H14N2O3S/c1-3-6-13-10(15)8(2)18-11-9(12(16)17)5-4-7-14-11/h3-5,7-8H,1,6H2,2H3,(H,13,15)(H,16,17). The molecule has 1 aromatic heterocycles. The first-order chi connectivity index (χ1) is 8.56. The monoisotopic (exact) mass is 266 g/mol. The Morgan fingerprint density at radius 1 is 1.67 bits per heavy atom. The molecular weight excluding hydrogens is 252 g/mol. The van der Waals surface area contributed by atoms with Crippen LogP contribution >= 0.6 is 11.8 Å². The largest absolute Gasteiger partial charge is 0.478 e. The van der Waals surface area contributed by atoms with Gasteiger partial charge in [-0.05, 0) is 19.1 Å². The molecule has 0 saturated carbocycles. The molecule has 5 nitrogen and oxygen atoms in total. The summed E-state index contributed by atoms with van der Waals surface area (Å²) in [7, 11) is 0. The van der Waals surface area contributed by atoms with Gasteiger partial charge < -0.3 is 10.4 Å². The summed E-state index contributed by atoms with van der Waals surface area (Å²) in [6.07, 6.45) is 3.09. The van der Waals surface area contributed by atoms with Crippen LogP contribution in [0.5, 0.6) is 0 Å². The number of nitrogens with one attached hydrogen (secondary N) is 1. The van der Waals surface area contributed by atoms with Crippen molar-refractivity contribution < 1.29 is 14.7 Å². The first-order valence-electron chi connectivity index (χ1n) is 5.29. The van der Waals surface area contributed by atoms with Crippen LogP contribution in [-0.4, -0.2) is 33.8 Å². The van der Waals surface area contributed by atoms with Crippen molar-refractivity contribution in [2.75, 3.05) is 6.54 Å². The van der Waals surface area contributed by atoms with Gasteiger partial charge in [-0.25, -0.2) is 9.78 Å². The highest BCUT2D eigenvalue weighted by Gasteiger charge is 2.18. The fourth-order valence-corrected chi connectivity index (χ4v) is 2.11. The number of aromatic nitrogens is 1. The Hall–Kier alpha value is -1.82. The molecule has 1 heterocycles. The van der Waals surface area contributed by atoms with E-state index < -0.39 is 11.2 Å². The molecule has 0 fully saturated rings. The van der Waals surface area contributed by atoms with Crippen LogP contribution in [0.2, 0.25) is 0 Å². The van der Waals surface area contributed by atoms with Crippen LogP contribution in [0.3, 0.4) is 0 Å². The highest BCUT2D eigenvalue weighted by atomic mass is 32.2. The van der Waals surface area contributed by atoms with Crippen molar-refractivity contribution in [2.45, 2.75) is 17.2 Å². The van der Waals surface area contributed by atoms with Crippen molar-refractivity contribution >= 4 is 23.6 Å². The van der Waals surface area contributed by atoms with Gasteiger partial charge in [-0.1, -0.05) is 17.8 Å². The molecule has 96 valence electrons. The van der Waals surface area contributed by atoms with Crippen molar-refractivity contribution in [3.8, 4) is 0 Å². The molecule has 1 unspecified atom stereocenters. The highest BCUT2D eigenvalue weighted by molar-refractivity contribution is 8.00. The number of carbonyl (C=O) groups excluding carboxylic acids is 1. The number of amides is 1. The molecule has 0 radical (unpaired) electrons. The molecule has 1 aromatic rings. The second-order valence-corrected chi connectivity index (χ2v) is 4.78. The predicted octanol–water partition coefficient (Wildman–Crippen LogP) is 1.56. The summed E-state index contributed by atoms with van der Waals surface area (Å²) in [5.74, 6) is -1.23. The molecule has 1 amide bonds. The number of pyridine rings is 1. The number of aromatic carboxylic acids is 1. The third kappa shape index (κ3) is 3.89. The summed E-state index contributed by atoms with van der Waals surface area (Å²) in [5, 5.41) is 11.6. The lowest BCUT2D eigenvalue weighted by atomic mass is 10.3. The predicted molar refractivity (Wildman–Crippen MR) is 69.7 cm³/mol. The van der Waals surface area contributed by atoms with E-state index in [1.165, 1.54) is 12.3 Å². The van der Waals surface area contributed by atoms with Gasteiger partial charge in [0.1, 0.15) is 5.03 Å². The van der Waals surface area contributed by atoms with E-state index >= 15 is 0 Å². The maximum Gasteiger partial charge on any atom is 0.338 e. The van der Waals surface area contributed by atoms with Crippen LogP contribution in [0.15, 0.2) is 36.0 Å². The SMILES string of the molecule is C=CCNC(=O)C(C)Sc1ncccc1C(=O)O. The number of hydrogen-bond donors (Lipinski definition) is 2. The van der Waals surface area contributed by atoms with Gasteiger partial charge in [0, 0.05) is 12.7 Å². The molecule has 0 aliphatic heterocycles. The minimum Gasteiger partial charge on any atom is -0.478 e. The normalized spacial score (nSPS) is 11.6. The first-order valence-corrected chi connectivity index (χ1v) is 6.17. The zero-order chi connectivity index (χ0) is 13.5. The molecule has 6 heteroatoms. The first kappa shape index (κ1) is 14.2. The lowest BCUT2D eigenvalue weighted by Gasteiger charge is -2.11. The van der Waals surface area contributed by atoms with E-state index in [-0.39, 0.29) is 11.5 Å². The number of carbonyl (C=O) groups is 2. The van der Waals surface area contributed by atoms with Crippen LogP contribution in [0.25, 0.3) is 0 Å². The summed E-state index contributed by atoms with van der Waals surface area (Å²) >= 11 is 1.12.